The van der Waals surface area contributed by atoms with Crippen LogP contribution < -0.4 is 0 Å². The van der Waals surface area contributed by atoms with Crippen molar-refractivity contribution in [3.8, 4) is 0 Å². The summed E-state index contributed by atoms with van der Waals surface area (Å²) < 4.78 is 0. The molecule has 0 aromatic carbocycles. The smallest absolute Gasteiger partial charge is 0.0767 e. The molecule has 1 saturated heterocycles. The van der Waals surface area contributed by atoms with E-state index in [1.165, 1.54) is 0 Å². The average molecular weight is 357 g/mol. The van der Waals surface area contributed by atoms with Gasteiger partial charge in [-0.3, -0.25) is 0 Å². The van der Waals surface area contributed by atoms with Gasteiger partial charge in [0.2, 0.25) is 0 Å². The van der Waals surface area contributed by atoms with Crippen LogP contribution in [0.1, 0.15) is 41.5 Å². The van der Waals surface area contributed by atoms with Crippen molar-refractivity contribution >= 4 is 16.1 Å². The minimum absolute atomic E-state index is 0.273. The minimum atomic E-state index is -1.53. The van der Waals surface area contributed by atoms with E-state index in [0.717, 1.165) is 11.1 Å². The molecule has 0 aromatic rings. The molecule has 3 rings (SSSR count). The lowest BCUT2D eigenvalue weighted by Crippen LogP contribution is -2.52. The molecule has 0 amide bonds. The lowest BCUT2D eigenvalue weighted by molar-refractivity contribution is 0.517. The van der Waals surface area contributed by atoms with Crippen LogP contribution in [0, 0.1) is 10.8 Å². The van der Waals surface area contributed by atoms with Crippen molar-refractivity contribution < 1.29 is 0 Å². The van der Waals surface area contributed by atoms with Crippen molar-refractivity contribution in [1.82, 2.24) is 0 Å². The summed E-state index contributed by atoms with van der Waals surface area (Å²) in [4.78, 5) is 0. The highest BCUT2D eigenvalue weighted by Crippen LogP contribution is 2.61. The number of hydrogen-bond acceptors (Lipinski definition) is 0. The zero-order valence-corrected chi connectivity index (χ0v) is 19.5. The maximum Gasteiger partial charge on any atom is 0.103 e. The quantitative estimate of drug-likeness (QED) is 0.407. The summed E-state index contributed by atoms with van der Waals surface area (Å²) in [5, 5.41) is 3.66. The van der Waals surface area contributed by atoms with Crippen molar-refractivity contribution in [3.63, 3.8) is 0 Å². The molecule has 0 N–H and O–H groups in total. The fourth-order valence-electron chi connectivity index (χ4n) is 4.81. The van der Waals surface area contributed by atoms with E-state index < -0.39 is 16.1 Å². The predicted octanol–water partition coefficient (Wildman–Crippen LogP) is 7.06. The molecule has 2 atom stereocenters. The first kappa shape index (κ1) is 18.2. The van der Waals surface area contributed by atoms with Gasteiger partial charge in [-0.05, 0) is 33.1 Å². The van der Waals surface area contributed by atoms with Crippen molar-refractivity contribution in [1.29, 1.82) is 0 Å². The second kappa shape index (κ2) is 4.97. The van der Waals surface area contributed by atoms with Crippen LogP contribution in [-0.2, 0) is 0 Å². The number of rotatable bonds is 0. The zero-order chi connectivity index (χ0) is 18.3. The van der Waals surface area contributed by atoms with Gasteiger partial charge in [0.1, 0.15) is 8.07 Å². The Kier molecular flexibility index (Phi) is 3.77. The first-order valence-corrected chi connectivity index (χ1v) is 15.7. The van der Waals surface area contributed by atoms with Gasteiger partial charge in [-0.2, -0.15) is 0 Å². The SMILES string of the molecule is CC(C)(C)C1=CC2C(=C1)[Si](C)(C)C1=CC(C(C)(C)C)=CC1[Si]2(C)C. The Morgan fingerprint density at radius 3 is 1.29 bits per heavy atom. The van der Waals surface area contributed by atoms with E-state index in [9.17, 15) is 0 Å². The molecular formula is C22H36Si2. The van der Waals surface area contributed by atoms with E-state index in [0.29, 0.717) is 0 Å². The van der Waals surface area contributed by atoms with Gasteiger partial charge in [-0.25, -0.2) is 0 Å². The Bertz CT molecular complexity index is 639. The first-order valence-electron chi connectivity index (χ1n) is 9.55. The Hall–Kier alpha value is -0.606. The van der Waals surface area contributed by atoms with E-state index in [-0.39, 0.29) is 10.8 Å². The minimum Gasteiger partial charge on any atom is -0.0767 e. The van der Waals surface area contributed by atoms with E-state index in [1.54, 1.807) is 11.1 Å². The summed E-state index contributed by atoms with van der Waals surface area (Å²) in [5.41, 5.74) is 5.23. The largest absolute Gasteiger partial charge is 0.103 e. The van der Waals surface area contributed by atoms with E-state index in [2.05, 4.69) is 92.0 Å². The fourth-order valence-corrected chi connectivity index (χ4v) is 15.7. The molecule has 0 nitrogen and oxygen atoms in total. The Morgan fingerprint density at radius 2 is 1.00 bits per heavy atom. The molecule has 1 aliphatic heterocycles. The summed E-state index contributed by atoms with van der Waals surface area (Å²) in [6.45, 7) is 24.7. The van der Waals surface area contributed by atoms with E-state index >= 15 is 0 Å². The molecule has 0 spiro atoms. The van der Waals surface area contributed by atoms with Crippen molar-refractivity contribution in [2.75, 3.05) is 0 Å². The summed E-state index contributed by atoms with van der Waals surface area (Å²) >= 11 is 0. The second-order valence-corrected chi connectivity index (χ2v) is 20.6. The lowest BCUT2D eigenvalue weighted by Gasteiger charge is -2.49. The van der Waals surface area contributed by atoms with Gasteiger partial charge in [0.05, 0.1) is 8.07 Å². The van der Waals surface area contributed by atoms with Gasteiger partial charge in [0, 0.05) is 0 Å². The Morgan fingerprint density at radius 1 is 0.667 bits per heavy atom. The highest BCUT2D eigenvalue weighted by molar-refractivity contribution is 7.00. The summed E-state index contributed by atoms with van der Waals surface area (Å²) in [6.07, 6.45) is 10.6. The molecule has 0 aromatic heterocycles. The fraction of sp³-hybridized carbons (Fsp3) is 0.636. The monoisotopic (exact) mass is 356 g/mol. The molecule has 3 aliphatic rings. The van der Waals surface area contributed by atoms with Crippen LogP contribution in [0.15, 0.2) is 45.8 Å². The lowest BCUT2D eigenvalue weighted by atomic mass is 9.87. The van der Waals surface area contributed by atoms with Crippen LogP contribution in [0.5, 0.6) is 0 Å². The third kappa shape index (κ3) is 2.52. The van der Waals surface area contributed by atoms with Crippen LogP contribution >= 0.6 is 0 Å². The van der Waals surface area contributed by atoms with Gasteiger partial charge in [0.15, 0.2) is 0 Å². The van der Waals surface area contributed by atoms with Gasteiger partial charge in [0.25, 0.3) is 0 Å². The van der Waals surface area contributed by atoms with Crippen LogP contribution in [0.2, 0.25) is 37.3 Å². The molecular weight excluding hydrogens is 320 g/mol. The summed E-state index contributed by atoms with van der Waals surface area (Å²) in [5.74, 6) is 0. The van der Waals surface area contributed by atoms with Crippen LogP contribution in [0.4, 0.5) is 0 Å². The highest BCUT2D eigenvalue weighted by atomic mass is 28.3. The molecule has 0 bridgehead atoms. The molecule has 2 aliphatic carbocycles. The van der Waals surface area contributed by atoms with Gasteiger partial charge in [-0.1, -0.05) is 102 Å². The number of fused-ring (bicyclic) bond motifs is 2. The predicted molar refractivity (Wildman–Crippen MR) is 114 cm³/mol. The molecule has 2 heteroatoms. The molecule has 24 heavy (non-hydrogen) atoms. The van der Waals surface area contributed by atoms with E-state index in [4.69, 9.17) is 0 Å². The normalized spacial score (nSPS) is 30.9. The van der Waals surface area contributed by atoms with Crippen molar-refractivity contribution in [2.45, 2.75) is 78.8 Å². The molecule has 1 fully saturated rings. The summed E-state index contributed by atoms with van der Waals surface area (Å²) in [7, 11) is -2.96. The van der Waals surface area contributed by atoms with Gasteiger partial charge >= 0.3 is 0 Å². The third-order valence-electron chi connectivity index (χ3n) is 6.76. The molecule has 132 valence electrons. The maximum atomic E-state index is 2.68. The van der Waals surface area contributed by atoms with Crippen molar-refractivity contribution in [3.05, 3.63) is 45.8 Å². The maximum absolute atomic E-state index is 2.68. The average Bonchev–Trinajstić information content (AvgIpc) is 3.02. The van der Waals surface area contributed by atoms with E-state index in [1.807, 2.05) is 10.4 Å². The van der Waals surface area contributed by atoms with Crippen LogP contribution in [0.25, 0.3) is 0 Å². The molecule has 0 radical (unpaired) electrons. The first-order chi connectivity index (χ1) is 10.7. The number of allylic oxidation sites excluding steroid dienone is 8. The van der Waals surface area contributed by atoms with Gasteiger partial charge in [-0.15, -0.1) is 0 Å². The van der Waals surface area contributed by atoms with Crippen LogP contribution in [0.3, 0.4) is 0 Å². The van der Waals surface area contributed by atoms with Crippen molar-refractivity contribution in [2.24, 2.45) is 10.8 Å². The molecule has 1 heterocycles. The topological polar surface area (TPSA) is 0 Å². The van der Waals surface area contributed by atoms with Gasteiger partial charge < -0.3 is 0 Å². The molecule has 0 saturated carbocycles. The molecule has 2 unspecified atom stereocenters. The highest BCUT2D eigenvalue weighted by Gasteiger charge is 2.56. The standard InChI is InChI=1S/C22H36Si2/c1-21(2,3)15-11-17-18(12-15)24(9,10)20-14-16(22(4,5)6)13-19(20)23(17,7)8/h11-14,17,19H,1-10H3. The Balaban J connectivity index is 2.15. The van der Waals surface area contributed by atoms with Crippen LogP contribution in [-0.4, -0.2) is 16.1 Å². The second-order valence-electron chi connectivity index (χ2n) is 11.3. The zero-order valence-electron chi connectivity index (χ0n) is 17.5. The summed E-state index contributed by atoms with van der Waals surface area (Å²) in [6, 6.07) is 0. The Labute approximate surface area is 151 Å². The number of hydrogen-bond donors (Lipinski definition) is 0. The third-order valence-corrected chi connectivity index (χ3v) is 15.3.